The molecule has 3 heteroatoms. The van der Waals surface area contributed by atoms with Crippen molar-refractivity contribution in [3.05, 3.63) is 29.8 Å². The first-order chi connectivity index (χ1) is 6.29. The Labute approximate surface area is 76.4 Å². The van der Waals surface area contributed by atoms with Gasteiger partial charge >= 0.3 is 0 Å². The predicted octanol–water partition coefficient (Wildman–Crippen LogP) is 1.85. The van der Waals surface area contributed by atoms with Crippen LogP contribution in [0.3, 0.4) is 0 Å². The molecule has 0 aromatic carbocycles. The van der Waals surface area contributed by atoms with Gasteiger partial charge in [-0.05, 0) is 24.5 Å². The molecular weight excluding hydrogens is 169 g/mol. The van der Waals surface area contributed by atoms with Crippen LogP contribution in [0.25, 0.3) is 0 Å². The monoisotopic (exact) mass is 181 g/mol. The second-order valence-electron chi connectivity index (χ2n) is 3.50. The van der Waals surface area contributed by atoms with Gasteiger partial charge in [-0.3, -0.25) is 4.98 Å². The number of hydrogen-bond donors (Lipinski definition) is 1. The SMILES string of the molecule is OC1CCCC1c1ccncc1F. The van der Waals surface area contributed by atoms with Gasteiger partial charge in [0.15, 0.2) is 0 Å². The zero-order valence-corrected chi connectivity index (χ0v) is 7.28. The Hall–Kier alpha value is -0.960. The largest absolute Gasteiger partial charge is 0.392 e. The van der Waals surface area contributed by atoms with Gasteiger partial charge in [-0.15, -0.1) is 0 Å². The van der Waals surface area contributed by atoms with Crippen molar-refractivity contribution in [2.24, 2.45) is 0 Å². The van der Waals surface area contributed by atoms with Crippen LogP contribution in [-0.4, -0.2) is 16.2 Å². The highest BCUT2D eigenvalue weighted by Crippen LogP contribution is 2.35. The topological polar surface area (TPSA) is 33.1 Å². The van der Waals surface area contributed by atoms with Crippen LogP contribution in [0.4, 0.5) is 4.39 Å². The molecule has 1 aliphatic carbocycles. The number of nitrogens with zero attached hydrogens (tertiary/aromatic N) is 1. The van der Waals surface area contributed by atoms with Crippen LogP contribution >= 0.6 is 0 Å². The maximum absolute atomic E-state index is 13.2. The Balaban J connectivity index is 2.29. The van der Waals surface area contributed by atoms with Gasteiger partial charge in [-0.2, -0.15) is 0 Å². The van der Waals surface area contributed by atoms with Gasteiger partial charge in [-0.1, -0.05) is 6.42 Å². The summed E-state index contributed by atoms with van der Waals surface area (Å²) in [6, 6.07) is 1.66. The molecule has 0 radical (unpaired) electrons. The summed E-state index contributed by atoms with van der Waals surface area (Å²) in [4.78, 5) is 3.68. The molecule has 2 atom stereocenters. The average Bonchev–Trinajstić information content (AvgIpc) is 2.52. The van der Waals surface area contributed by atoms with E-state index in [0.29, 0.717) is 5.56 Å². The average molecular weight is 181 g/mol. The molecule has 0 amide bonds. The van der Waals surface area contributed by atoms with Crippen LogP contribution in [0, 0.1) is 5.82 Å². The lowest BCUT2D eigenvalue weighted by molar-refractivity contribution is 0.162. The van der Waals surface area contributed by atoms with Crippen molar-refractivity contribution in [1.29, 1.82) is 0 Å². The van der Waals surface area contributed by atoms with Crippen LogP contribution in [-0.2, 0) is 0 Å². The number of aliphatic hydroxyl groups excluding tert-OH is 1. The van der Waals surface area contributed by atoms with Crippen molar-refractivity contribution in [2.45, 2.75) is 31.3 Å². The minimum absolute atomic E-state index is 0.0250. The van der Waals surface area contributed by atoms with E-state index in [1.54, 1.807) is 12.3 Å². The molecule has 0 bridgehead atoms. The molecule has 1 aromatic rings. The van der Waals surface area contributed by atoms with Gasteiger partial charge < -0.3 is 5.11 Å². The van der Waals surface area contributed by atoms with Gasteiger partial charge in [0.25, 0.3) is 0 Å². The summed E-state index contributed by atoms with van der Waals surface area (Å²) in [6.45, 7) is 0. The maximum atomic E-state index is 13.2. The Morgan fingerprint density at radius 3 is 2.92 bits per heavy atom. The molecule has 2 nitrogen and oxygen atoms in total. The lowest BCUT2D eigenvalue weighted by Crippen LogP contribution is -2.12. The summed E-state index contributed by atoms with van der Waals surface area (Å²) in [7, 11) is 0. The summed E-state index contributed by atoms with van der Waals surface area (Å²) in [6.07, 6.45) is 5.04. The number of aliphatic hydroxyl groups is 1. The van der Waals surface area contributed by atoms with E-state index in [1.807, 2.05) is 0 Å². The molecule has 70 valence electrons. The fourth-order valence-corrected chi connectivity index (χ4v) is 1.99. The minimum atomic E-state index is -0.378. The number of hydrogen-bond acceptors (Lipinski definition) is 2. The van der Waals surface area contributed by atoms with E-state index in [9.17, 15) is 9.50 Å². The van der Waals surface area contributed by atoms with Crippen molar-refractivity contribution >= 4 is 0 Å². The van der Waals surface area contributed by atoms with E-state index in [0.717, 1.165) is 19.3 Å². The van der Waals surface area contributed by atoms with Gasteiger partial charge in [0.1, 0.15) is 5.82 Å². The summed E-state index contributed by atoms with van der Waals surface area (Å²) in [5.41, 5.74) is 0.611. The number of aromatic nitrogens is 1. The zero-order chi connectivity index (χ0) is 9.26. The van der Waals surface area contributed by atoms with Crippen molar-refractivity contribution in [3.8, 4) is 0 Å². The first-order valence-electron chi connectivity index (χ1n) is 4.56. The molecule has 1 fully saturated rings. The van der Waals surface area contributed by atoms with Crippen molar-refractivity contribution in [2.75, 3.05) is 0 Å². The Morgan fingerprint density at radius 2 is 2.31 bits per heavy atom. The molecule has 2 rings (SSSR count). The van der Waals surface area contributed by atoms with E-state index in [2.05, 4.69) is 4.98 Å². The Morgan fingerprint density at radius 1 is 1.46 bits per heavy atom. The van der Waals surface area contributed by atoms with Gasteiger partial charge in [-0.25, -0.2) is 4.39 Å². The highest BCUT2D eigenvalue weighted by atomic mass is 19.1. The highest BCUT2D eigenvalue weighted by molar-refractivity contribution is 5.20. The molecule has 0 saturated heterocycles. The molecule has 1 N–H and O–H groups in total. The summed E-state index contributed by atoms with van der Waals surface area (Å²) < 4.78 is 13.2. The lowest BCUT2D eigenvalue weighted by Gasteiger charge is -2.14. The van der Waals surface area contributed by atoms with Crippen LogP contribution in [0.5, 0.6) is 0 Å². The number of pyridine rings is 1. The molecule has 1 aliphatic rings. The van der Waals surface area contributed by atoms with E-state index in [4.69, 9.17) is 0 Å². The Kier molecular flexibility index (Phi) is 2.27. The molecule has 1 saturated carbocycles. The fraction of sp³-hybridized carbons (Fsp3) is 0.500. The molecule has 0 aliphatic heterocycles. The first-order valence-corrected chi connectivity index (χ1v) is 4.56. The van der Waals surface area contributed by atoms with E-state index >= 15 is 0 Å². The first kappa shape index (κ1) is 8.63. The number of rotatable bonds is 1. The third-order valence-electron chi connectivity index (χ3n) is 2.68. The van der Waals surface area contributed by atoms with Crippen molar-refractivity contribution in [1.82, 2.24) is 4.98 Å². The molecular formula is C10H12FNO. The summed E-state index contributed by atoms with van der Waals surface area (Å²) in [5, 5.41) is 9.58. The quantitative estimate of drug-likeness (QED) is 0.717. The molecule has 1 aromatic heterocycles. The van der Waals surface area contributed by atoms with Crippen molar-refractivity contribution in [3.63, 3.8) is 0 Å². The van der Waals surface area contributed by atoms with Crippen LogP contribution in [0.1, 0.15) is 30.7 Å². The third-order valence-corrected chi connectivity index (χ3v) is 2.68. The Bertz CT molecular complexity index is 303. The second-order valence-corrected chi connectivity index (χ2v) is 3.50. The molecule has 0 spiro atoms. The van der Waals surface area contributed by atoms with E-state index in [1.165, 1.54) is 6.20 Å². The van der Waals surface area contributed by atoms with E-state index < -0.39 is 0 Å². The molecule has 2 unspecified atom stereocenters. The molecule has 13 heavy (non-hydrogen) atoms. The minimum Gasteiger partial charge on any atom is -0.392 e. The van der Waals surface area contributed by atoms with Gasteiger partial charge in [0, 0.05) is 12.1 Å². The van der Waals surface area contributed by atoms with Crippen LogP contribution in [0.2, 0.25) is 0 Å². The lowest BCUT2D eigenvalue weighted by atomic mass is 9.96. The van der Waals surface area contributed by atoms with Crippen LogP contribution < -0.4 is 0 Å². The van der Waals surface area contributed by atoms with Crippen LogP contribution in [0.15, 0.2) is 18.5 Å². The number of halogens is 1. The summed E-state index contributed by atoms with van der Waals surface area (Å²) in [5.74, 6) is -0.323. The fourth-order valence-electron chi connectivity index (χ4n) is 1.99. The van der Waals surface area contributed by atoms with Crippen molar-refractivity contribution < 1.29 is 9.50 Å². The third kappa shape index (κ3) is 1.56. The summed E-state index contributed by atoms with van der Waals surface area (Å²) >= 11 is 0. The second kappa shape index (κ2) is 3.42. The molecule has 1 heterocycles. The standard InChI is InChI=1S/C10H12FNO/c11-9-6-12-5-4-7(9)8-2-1-3-10(8)13/h4-6,8,10,13H,1-3H2. The highest BCUT2D eigenvalue weighted by Gasteiger charge is 2.28. The predicted molar refractivity (Wildman–Crippen MR) is 46.8 cm³/mol. The van der Waals surface area contributed by atoms with Gasteiger partial charge in [0.05, 0.1) is 12.3 Å². The zero-order valence-electron chi connectivity index (χ0n) is 7.28. The maximum Gasteiger partial charge on any atom is 0.145 e. The van der Waals surface area contributed by atoms with E-state index in [-0.39, 0.29) is 17.8 Å². The smallest absolute Gasteiger partial charge is 0.145 e. The normalized spacial score (nSPS) is 27.8. The van der Waals surface area contributed by atoms with Gasteiger partial charge in [0.2, 0.25) is 0 Å².